The van der Waals surface area contributed by atoms with Crippen LogP contribution in [0.5, 0.6) is 0 Å². The Morgan fingerprint density at radius 3 is 1.85 bits per heavy atom. The van der Waals surface area contributed by atoms with Crippen LogP contribution in [0.2, 0.25) is 0 Å². The first-order valence-corrected chi connectivity index (χ1v) is 4.38. The van der Waals surface area contributed by atoms with Crippen molar-refractivity contribution in [2.45, 2.75) is 39.8 Å². The van der Waals surface area contributed by atoms with Crippen molar-refractivity contribution in [3.8, 4) is 0 Å². The van der Waals surface area contributed by atoms with Crippen LogP contribution in [-0.2, 0) is 0 Å². The van der Waals surface area contributed by atoms with Crippen LogP contribution in [-0.4, -0.2) is 14.3 Å². The molecule has 5 heteroatoms. The molecule has 1 N–H and O–H groups in total. The molecule has 1 aromatic heterocycles. The molecule has 0 radical (unpaired) electrons. The lowest BCUT2D eigenvalue weighted by Crippen LogP contribution is -2.30. The van der Waals surface area contributed by atoms with Crippen LogP contribution in [0.15, 0.2) is 9.59 Å². The van der Waals surface area contributed by atoms with E-state index >= 15 is 0 Å². The Hall–Kier alpha value is -1.26. The molecule has 0 bridgehead atoms. The lowest BCUT2D eigenvalue weighted by atomic mass is 10.4. The van der Waals surface area contributed by atoms with E-state index in [4.69, 9.17) is 0 Å². The first-order valence-electron chi connectivity index (χ1n) is 4.38. The Bertz CT molecular complexity index is 394. The molecule has 13 heavy (non-hydrogen) atoms. The van der Waals surface area contributed by atoms with Crippen LogP contribution in [0, 0.1) is 0 Å². The van der Waals surface area contributed by atoms with Gasteiger partial charge in [-0.1, -0.05) is 0 Å². The average molecular weight is 185 g/mol. The third-order valence-corrected chi connectivity index (χ3v) is 1.88. The van der Waals surface area contributed by atoms with Gasteiger partial charge in [0.15, 0.2) is 0 Å². The number of rotatable bonds is 2. The molecule has 0 aliphatic carbocycles. The van der Waals surface area contributed by atoms with Crippen molar-refractivity contribution >= 4 is 0 Å². The third-order valence-electron chi connectivity index (χ3n) is 1.88. The number of hydrogen-bond acceptors (Lipinski definition) is 2. The predicted octanol–water partition coefficient (Wildman–Crippen LogP) is 0.500. The minimum Gasteiger partial charge on any atom is -0.246 e. The first kappa shape index (κ1) is 9.83. The van der Waals surface area contributed by atoms with Crippen LogP contribution in [0.3, 0.4) is 0 Å². The van der Waals surface area contributed by atoms with Crippen LogP contribution >= 0.6 is 0 Å². The zero-order chi connectivity index (χ0) is 10.2. The quantitative estimate of drug-likeness (QED) is 0.729. The number of H-pyrrole nitrogens is 1. The van der Waals surface area contributed by atoms with Crippen LogP contribution < -0.4 is 11.4 Å². The van der Waals surface area contributed by atoms with Gasteiger partial charge in [-0.25, -0.2) is 23.9 Å². The van der Waals surface area contributed by atoms with Crippen molar-refractivity contribution in [1.29, 1.82) is 0 Å². The van der Waals surface area contributed by atoms with Gasteiger partial charge in [-0.3, -0.25) is 0 Å². The average Bonchev–Trinajstić information content (AvgIpc) is 2.26. The maximum Gasteiger partial charge on any atom is 0.347 e. The summed E-state index contributed by atoms with van der Waals surface area (Å²) >= 11 is 0. The summed E-state index contributed by atoms with van der Waals surface area (Å²) in [5.74, 6) is 0. The van der Waals surface area contributed by atoms with Gasteiger partial charge in [0.05, 0.1) is 0 Å². The second-order valence-electron chi connectivity index (χ2n) is 3.63. The summed E-state index contributed by atoms with van der Waals surface area (Å²) in [6.45, 7) is 7.31. The van der Waals surface area contributed by atoms with E-state index in [-0.39, 0.29) is 23.5 Å². The van der Waals surface area contributed by atoms with E-state index in [0.29, 0.717) is 0 Å². The normalized spacial score (nSPS) is 11.5. The van der Waals surface area contributed by atoms with E-state index in [2.05, 4.69) is 5.10 Å². The highest BCUT2D eigenvalue weighted by molar-refractivity contribution is 4.75. The molecule has 0 aliphatic heterocycles. The molecule has 0 fully saturated rings. The topological polar surface area (TPSA) is 59.8 Å². The Balaban J connectivity index is 3.40. The molecule has 0 aromatic carbocycles. The van der Waals surface area contributed by atoms with Gasteiger partial charge in [0.1, 0.15) is 0 Å². The Kier molecular flexibility index (Phi) is 2.45. The zero-order valence-electron chi connectivity index (χ0n) is 8.37. The molecule has 1 heterocycles. The SMILES string of the molecule is CC(C)n1[nH]c(=O)n(C(C)C)c1=O. The fourth-order valence-corrected chi connectivity index (χ4v) is 1.21. The molecule has 1 aromatic rings. The lowest BCUT2D eigenvalue weighted by Gasteiger charge is -2.04. The van der Waals surface area contributed by atoms with Crippen LogP contribution in [0.4, 0.5) is 0 Å². The van der Waals surface area contributed by atoms with E-state index in [0.717, 1.165) is 0 Å². The Morgan fingerprint density at radius 2 is 1.62 bits per heavy atom. The molecule has 1 rings (SSSR count). The van der Waals surface area contributed by atoms with Gasteiger partial charge < -0.3 is 0 Å². The molecule has 0 aliphatic rings. The van der Waals surface area contributed by atoms with Crippen molar-refractivity contribution in [1.82, 2.24) is 14.3 Å². The standard InChI is InChI=1S/C8H15N3O2/c1-5(2)10-7(12)9-11(6(3)4)8(10)13/h5-6H,1-4H3,(H,9,12). The number of nitrogens with zero attached hydrogens (tertiary/aromatic N) is 2. The van der Waals surface area contributed by atoms with Crippen molar-refractivity contribution in [3.63, 3.8) is 0 Å². The Morgan fingerprint density at radius 1 is 1.08 bits per heavy atom. The van der Waals surface area contributed by atoms with Crippen molar-refractivity contribution in [2.24, 2.45) is 0 Å². The van der Waals surface area contributed by atoms with E-state index in [9.17, 15) is 9.59 Å². The van der Waals surface area contributed by atoms with E-state index in [1.54, 1.807) is 13.8 Å². The smallest absolute Gasteiger partial charge is 0.246 e. The third kappa shape index (κ3) is 1.59. The number of aromatic nitrogens is 3. The van der Waals surface area contributed by atoms with Crippen molar-refractivity contribution in [3.05, 3.63) is 21.0 Å². The van der Waals surface area contributed by atoms with Gasteiger partial charge in [0, 0.05) is 12.1 Å². The summed E-state index contributed by atoms with van der Waals surface area (Å²) in [5, 5.41) is 2.51. The predicted molar refractivity (Wildman–Crippen MR) is 50.1 cm³/mol. The number of aromatic amines is 1. The van der Waals surface area contributed by atoms with E-state index in [1.807, 2.05) is 13.8 Å². The molecular formula is C8H15N3O2. The molecule has 0 spiro atoms. The van der Waals surface area contributed by atoms with Gasteiger partial charge in [-0.05, 0) is 27.7 Å². The minimum atomic E-state index is -0.339. The lowest BCUT2D eigenvalue weighted by molar-refractivity contribution is 0.491. The van der Waals surface area contributed by atoms with Gasteiger partial charge in [-0.15, -0.1) is 0 Å². The first-order chi connectivity index (χ1) is 5.95. The zero-order valence-corrected chi connectivity index (χ0v) is 8.37. The molecule has 0 saturated carbocycles. The second kappa shape index (κ2) is 3.24. The fourth-order valence-electron chi connectivity index (χ4n) is 1.21. The highest BCUT2D eigenvalue weighted by Crippen LogP contribution is 1.97. The molecule has 0 saturated heterocycles. The minimum absolute atomic E-state index is 0.0137. The van der Waals surface area contributed by atoms with E-state index in [1.165, 1.54) is 9.25 Å². The van der Waals surface area contributed by atoms with Gasteiger partial charge >= 0.3 is 11.4 Å². The molecule has 5 nitrogen and oxygen atoms in total. The fraction of sp³-hybridized carbons (Fsp3) is 0.750. The van der Waals surface area contributed by atoms with Gasteiger partial charge in [0.25, 0.3) is 0 Å². The van der Waals surface area contributed by atoms with Crippen LogP contribution in [0.25, 0.3) is 0 Å². The highest BCUT2D eigenvalue weighted by Gasteiger charge is 2.12. The molecular weight excluding hydrogens is 170 g/mol. The molecule has 0 unspecified atom stereocenters. The molecule has 0 atom stereocenters. The molecule has 0 amide bonds. The maximum absolute atomic E-state index is 11.6. The summed E-state index contributed by atoms with van der Waals surface area (Å²) in [4.78, 5) is 22.9. The summed E-state index contributed by atoms with van der Waals surface area (Å²) < 4.78 is 2.54. The van der Waals surface area contributed by atoms with Gasteiger partial charge in [0.2, 0.25) is 0 Å². The number of nitrogens with one attached hydrogen (secondary N) is 1. The molecule has 74 valence electrons. The highest BCUT2D eigenvalue weighted by atomic mass is 16.2. The Labute approximate surface area is 76.0 Å². The maximum atomic E-state index is 11.6. The van der Waals surface area contributed by atoms with Gasteiger partial charge in [-0.2, -0.15) is 0 Å². The van der Waals surface area contributed by atoms with E-state index < -0.39 is 0 Å². The largest absolute Gasteiger partial charge is 0.347 e. The van der Waals surface area contributed by atoms with Crippen LogP contribution in [0.1, 0.15) is 39.8 Å². The summed E-state index contributed by atoms with van der Waals surface area (Å²) in [7, 11) is 0. The number of hydrogen-bond donors (Lipinski definition) is 1. The summed E-state index contributed by atoms with van der Waals surface area (Å²) in [6, 6.07) is -0.114. The second-order valence-corrected chi connectivity index (χ2v) is 3.63. The van der Waals surface area contributed by atoms with Crippen molar-refractivity contribution in [2.75, 3.05) is 0 Å². The summed E-state index contributed by atoms with van der Waals surface area (Å²) in [5.41, 5.74) is -0.608. The summed E-state index contributed by atoms with van der Waals surface area (Å²) in [6.07, 6.45) is 0. The monoisotopic (exact) mass is 185 g/mol. The van der Waals surface area contributed by atoms with Crippen molar-refractivity contribution < 1.29 is 0 Å².